The molecule has 0 unspecified atom stereocenters. The summed E-state index contributed by atoms with van der Waals surface area (Å²) in [5, 5.41) is 0.840. The summed E-state index contributed by atoms with van der Waals surface area (Å²) < 4.78 is 0. The van der Waals surface area contributed by atoms with E-state index in [1.54, 1.807) is 30.3 Å². The standard InChI is InChI=1S/C18H13NO2/c1-12-10-16(15-4-2-3-5-17(15)19-12)18(21)14-8-6-13(11-20)7-9-14/h2-11H,1H3. The van der Waals surface area contributed by atoms with Gasteiger partial charge in [0.1, 0.15) is 6.29 Å². The maximum Gasteiger partial charge on any atom is 0.193 e. The first-order valence-electron chi connectivity index (χ1n) is 6.65. The highest BCUT2D eigenvalue weighted by molar-refractivity contribution is 6.16. The van der Waals surface area contributed by atoms with E-state index in [1.807, 2.05) is 31.2 Å². The molecule has 0 N–H and O–H groups in total. The van der Waals surface area contributed by atoms with Crippen molar-refractivity contribution in [2.24, 2.45) is 0 Å². The molecular formula is C18H13NO2. The number of carbonyl (C=O) groups excluding carboxylic acids is 2. The number of para-hydroxylation sites is 1. The quantitative estimate of drug-likeness (QED) is 0.542. The maximum absolute atomic E-state index is 12.7. The molecule has 1 heterocycles. The van der Waals surface area contributed by atoms with Crippen LogP contribution in [0, 0.1) is 6.92 Å². The lowest BCUT2D eigenvalue weighted by Gasteiger charge is -2.07. The Balaban J connectivity index is 2.14. The number of fused-ring (bicyclic) bond motifs is 1. The summed E-state index contributed by atoms with van der Waals surface area (Å²) in [6.45, 7) is 1.87. The van der Waals surface area contributed by atoms with E-state index in [4.69, 9.17) is 0 Å². The van der Waals surface area contributed by atoms with Crippen LogP contribution in [0.1, 0.15) is 32.0 Å². The summed E-state index contributed by atoms with van der Waals surface area (Å²) in [4.78, 5) is 27.8. The zero-order chi connectivity index (χ0) is 14.8. The largest absolute Gasteiger partial charge is 0.298 e. The lowest BCUT2D eigenvalue weighted by atomic mass is 9.98. The second-order valence-corrected chi connectivity index (χ2v) is 4.90. The van der Waals surface area contributed by atoms with Crippen LogP contribution in [0.2, 0.25) is 0 Å². The molecule has 3 rings (SSSR count). The van der Waals surface area contributed by atoms with Crippen LogP contribution >= 0.6 is 0 Å². The third kappa shape index (κ3) is 2.46. The minimum absolute atomic E-state index is 0.0610. The van der Waals surface area contributed by atoms with Gasteiger partial charge in [0, 0.05) is 27.8 Å². The van der Waals surface area contributed by atoms with Crippen molar-refractivity contribution in [2.45, 2.75) is 6.92 Å². The topological polar surface area (TPSA) is 47.0 Å². The molecule has 0 radical (unpaired) electrons. The number of ketones is 1. The summed E-state index contributed by atoms with van der Waals surface area (Å²) in [6, 6.07) is 16.1. The first kappa shape index (κ1) is 13.2. The van der Waals surface area contributed by atoms with E-state index in [2.05, 4.69) is 4.98 Å². The molecule has 3 nitrogen and oxygen atoms in total. The zero-order valence-corrected chi connectivity index (χ0v) is 11.5. The number of aldehydes is 1. The molecule has 0 aliphatic rings. The van der Waals surface area contributed by atoms with Crippen molar-refractivity contribution >= 4 is 23.0 Å². The van der Waals surface area contributed by atoms with Gasteiger partial charge in [0.2, 0.25) is 0 Å². The van der Waals surface area contributed by atoms with Gasteiger partial charge >= 0.3 is 0 Å². The number of pyridine rings is 1. The molecule has 21 heavy (non-hydrogen) atoms. The van der Waals surface area contributed by atoms with E-state index in [-0.39, 0.29) is 5.78 Å². The van der Waals surface area contributed by atoms with Crippen LogP contribution in [0.15, 0.2) is 54.6 Å². The first-order valence-corrected chi connectivity index (χ1v) is 6.65. The highest BCUT2D eigenvalue weighted by atomic mass is 16.1. The van der Waals surface area contributed by atoms with Crippen LogP contribution in [0.4, 0.5) is 0 Å². The van der Waals surface area contributed by atoms with Gasteiger partial charge < -0.3 is 0 Å². The Hall–Kier alpha value is -2.81. The lowest BCUT2D eigenvalue weighted by molar-refractivity contribution is 0.103. The molecule has 0 amide bonds. The number of aryl methyl sites for hydroxylation is 1. The predicted octanol–water partition coefficient (Wildman–Crippen LogP) is 3.59. The van der Waals surface area contributed by atoms with Gasteiger partial charge in [-0.15, -0.1) is 0 Å². The molecule has 0 aliphatic heterocycles. The summed E-state index contributed by atoms with van der Waals surface area (Å²) in [5.74, 6) is -0.0610. The zero-order valence-electron chi connectivity index (χ0n) is 11.5. The maximum atomic E-state index is 12.7. The smallest absolute Gasteiger partial charge is 0.193 e. The Morgan fingerprint density at radius 3 is 2.48 bits per heavy atom. The van der Waals surface area contributed by atoms with E-state index in [1.165, 1.54) is 0 Å². The summed E-state index contributed by atoms with van der Waals surface area (Å²) in [7, 11) is 0. The van der Waals surface area contributed by atoms with Crippen molar-refractivity contribution in [1.82, 2.24) is 4.98 Å². The number of benzene rings is 2. The van der Waals surface area contributed by atoms with Gasteiger partial charge in [-0.1, -0.05) is 42.5 Å². The average molecular weight is 275 g/mol. The van der Waals surface area contributed by atoms with Gasteiger partial charge in [0.05, 0.1) is 5.52 Å². The molecule has 0 fully saturated rings. The molecule has 1 aromatic heterocycles. The van der Waals surface area contributed by atoms with Crippen LogP contribution in [0.25, 0.3) is 10.9 Å². The monoisotopic (exact) mass is 275 g/mol. The molecule has 3 aromatic rings. The molecule has 0 saturated carbocycles. The number of nitrogens with zero attached hydrogens (tertiary/aromatic N) is 1. The molecule has 0 atom stereocenters. The number of rotatable bonds is 3. The highest BCUT2D eigenvalue weighted by Gasteiger charge is 2.13. The average Bonchev–Trinajstić information content (AvgIpc) is 2.53. The van der Waals surface area contributed by atoms with Crippen molar-refractivity contribution in [3.05, 3.63) is 77.0 Å². The van der Waals surface area contributed by atoms with Crippen LogP contribution in [-0.4, -0.2) is 17.1 Å². The first-order chi connectivity index (χ1) is 10.2. The fourth-order valence-electron chi connectivity index (χ4n) is 2.36. The van der Waals surface area contributed by atoms with Crippen molar-refractivity contribution in [2.75, 3.05) is 0 Å². The van der Waals surface area contributed by atoms with Crippen LogP contribution in [0.5, 0.6) is 0 Å². The van der Waals surface area contributed by atoms with Crippen LogP contribution in [-0.2, 0) is 0 Å². The van der Waals surface area contributed by atoms with Crippen LogP contribution in [0.3, 0.4) is 0 Å². The van der Waals surface area contributed by atoms with E-state index in [0.29, 0.717) is 16.7 Å². The predicted molar refractivity (Wildman–Crippen MR) is 81.7 cm³/mol. The highest BCUT2D eigenvalue weighted by Crippen LogP contribution is 2.21. The second kappa shape index (κ2) is 5.29. The second-order valence-electron chi connectivity index (χ2n) is 4.90. The molecule has 102 valence electrons. The molecule has 0 saturated heterocycles. The minimum Gasteiger partial charge on any atom is -0.298 e. The Kier molecular flexibility index (Phi) is 3.32. The fraction of sp³-hybridized carbons (Fsp3) is 0.0556. The van der Waals surface area contributed by atoms with Crippen molar-refractivity contribution in [3.8, 4) is 0 Å². The van der Waals surface area contributed by atoms with E-state index in [9.17, 15) is 9.59 Å². The van der Waals surface area contributed by atoms with Gasteiger partial charge in [-0.25, -0.2) is 0 Å². The van der Waals surface area contributed by atoms with Crippen molar-refractivity contribution in [3.63, 3.8) is 0 Å². The van der Waals surface area contributed by atoms with Crippen molar-refractivity contribution < 1.29 is 9.59 Å². The molecule has 2 aromatic carbocycles. The molecule has 3 heteroatoms. The van der Waals surface area contributed by atoms with Gasteiger partial charge in [-0.2, -0.15) is 0 Å². The van der Waals surface area contributed by atoms with Crippen molar-refractivity contribution in [1.29, 1.82) is 0 Å². The van der Waals surface area contributed by atoms with Crippen LogP contribution < -0.4 is 0 Å². The minimum atomic E-state index is -0.0610. The van der Waals surface area contributed by atoms with E-state index in [0.717, 1.165) is 22.9 Å². The fourth-order valence-corrected chi connectivity index (χ4v) is 2.36. The third-order valence-corrected chi connectivity index (χ3v) is 3.40. The number of aromatic nitrogens is 1. The number of hydrogen-bond donors (Lipinski definition) is 0. The Morgan fingerprint density at radius 1 is 1.05 bits per heavy atom. The Bertz CT molecular complexity index is 835. The normalized spacial score (nSPS) is 10.5. The molecule has 0 bridgehead atoms. The number of hydrogen-bond acceptors (Lipinski definition) is 3. The van der Waals surface area contributed by atoms with E-state index < -0.39 is 0 Å². The van der Waals surface area contributed by atoms with Gasteiger partial charge in [0.25, 0.3) is 0 Å². The molecule has 0 aliphatic carbocycles. The lowest BCUT2D eigenvalue weighted by Crippen LogP contribution is -2.04. The summed E-state index contributed by atoms with van der Waals surface area (Å²) in [5.41, 5.74) is 3.38. The summed E-state index contributed by atoms with van der Waals surface area (Å²) in [6.07, 6.45) is 0.764. The number of carbonyl (C=O) groups is 2. The van der Waals surface area contributed by atoms with E-state index >= 15 is 0 Å². The van der Waals surface area contributed by atoms with Gasteiger partial charge in [0.15, 0.2) is 5.78 Å². The Labute approximate surface area is 122 Å². The van der Waals surface area contributed by atoms with Gasteiger partial charge in [-0.05, 0) is 19.1 Å². The van der Waals surface area contributed by atoms with Gasteiger partial charge in [-0.3, -0.25) is 14.6 Å². The third-order valence-electron chi connectivity index (χ3n) is 3.40. The summed E-state index contributed by atoms with van der Waals surface area (Å²) >= 11 is 0. The Morgan fingerprint density at radius 2 is 1.76 bits per heavy atom. The molecular weight excluding hydrogens is 262 g/mol. The molecule has 0 spiro atoms. The SMILES string of the molecule is Cc1cc(C(=O)c2ccc(C=O)cc2)c2ccccc2n1.